The topological polar surface area (TPSA) is 15.3 Å². The van der Waals surface area contributed by atoms with E-state index in [0.29, 0.717) is 0 Å². The molecule has 18 heavy (non-hydrogen) atoms. The Morgan fingerprint density at radius 1 is 0.722 bits per heavy atom. The van der Waals surface area contributed by atoms with Crippen LogP contribution in [0, 0.1) is 0 Å². The van der Waals surface area contributed by atoms with Gasteiger partial charge in [-0.05, 0) is 27.6 Å². The zero-order chi connectivity index (χ0) is 14.1. The Hall–Kier alpha value is 0.400. The lowest BCUT2D eigenvalue weighted by atomic mass is 10.1. The van der Waals surface area contributed by atoms with Gasteiger partial charge >= 0.3 is 0 Å². The molecular formula is C15H35BrN2. The third-order valence-electron chi connectivity index (χ3n) is 2.62. The third-order valence-corrected chi connectivity index (χ3v) is 3.02. The Labute approximate surface area is 124 Å². The molecular weight excluding hydrogens is 288 g/mol. The summed E-state index contributed by atoms with van der Waals surface area (Å²) in [6.07, 6.45) is 14.1. The van der Waals surface area contributed by atoms with Crippen molar-refractivity contribution in [3.05, 3.63) is 0 Å². The summed E-state index contributed by atoms with van der Waals surface area (Å²) in [7, 11) is 6.00. The van der Waals surface area contributed by atoms with Crippen molar-refractivity contribution in [2.75, 3.05) is 27.7 Å². The second-order valence-corrected chi connectivity index (χ2v) is 5.97. The van der Waals surface area contributed by atoms with Crippen molar-refractivity contribution in [1.82, 2.24) is 9.24 Å². The molecule has 0 saturated heterocycles. The predicted octanol–water partition coefficient (Wildman–Crippen LogP) is 4.98. The van der Waals surface area contributed by atoms with E-state index < -0.39 is 0 Å². The van der Waals surface area contributed by atoms with E-state index in [9.17, 15) is 0 Å². The van der Waals surface area contributed by atoms with Crippen molar-refractivity contribution in [1.29, 1.82) is 0 Å². The molecule has 0 aromatic rings. The van der Waals surface area contributed by atoms with Gasteiger partial charge in [0.15, 0.2) is 0 Å². The summed E-state index contributed by atoms with van der Waals surface area (Å²) in [6, 6.07) is 0. The van der Waals surface area contributed by atoms with Crippen molar-refractivity contribution in [2.45, 2.75) is 71.1 Å². The molecule has 0 fully saturated rings. The fraction of sp³-hybridized carbons (Fsp3) is 1.00. The maximum absolute atomic E-state index is 3.22. The van der Waals surface area contributed by atoms with Gasteiger partial charge < -0.3 is 4.90 Å². The average Bonchev–Trinajstić information content (AvgIpc) is 2.31. The summed E-state index contributed by atoms with van der Waals surface area (Å²) in [6.45, 7) is 3.38. The van der Waals surface area contributed by atoms with Crippen LogP contribution in [-0.2, 0) is 0 Å². The number of hydrogen-bond acceptors (Lipinski definition) is 2. The highest BCUT2D eigenvalue weighted by Crippen LogP contribution is 2.10. The van der Waals surface area contributed by atoms with Gasteiger partial charge in [0.05, 0.1) is 0 Å². The van der Waals surface area contributed by atoms with Crippen LogP contribution >= 0.6 is 16.1 Å². The van der Waals surface area contributed by atoms with E-state index in [-0.39, 0.29) is 0 Å². The van der Waals surface area contributed by atoms with E-state index in [4.69, 9.17) is 0 Å². The number of unbranched alkanes of at least 4 members (excludes halogenated alkanes) is 9. The van der Waals surface area contributed by atoms with Crippen molar-refractivity contribution < 1.29 is 0 Å². The van der Waals surface area contributed by atoms with Gasteiger partial charge in [-0.2, -0.15) is 0 Å². The fourth-order valence-corrected chi connectivity index (χ4v) is 1.96. The van der Waals surface area contributed by atoms with E-state index in [0.717, 1.165) is 6.54 Å². The van der Waals surface area contributed by atoms with E-state index in [1.807, 2.05) is 26.0 Å². The minimum absolute atomic E-state index is 1.11. The van der Waals surface area contributed by atoms with Gasteiger partial charge in [-0.25, -0.2) is 0 Å². The first-order valence-corrected chi connectivity index (χ1v) is 8.38. The smallest absolute Gasteiger partial charge is 0.00875 e. The average molecular weight is 323 g/mol. The summed E-state index contributed by atoms with van der Waals surface area (Å²) < 4.78 is 3.01. The number of nitrogens with zero attached hydrogens (tertiary/aromatic N) is 1. The van der Waals surface area contributed by atoms with Gasteiger partial charge in [0.1, 0.15) is 0 Å². The van der Waals surface area contributed by atoms with Crippen LogP contribution in [0.3, 0.4) is 0 Å². The van der Waals surface area contributed by atoms with E-state index in [2.05, 4.69) is 27.4 Å². The maximum Gasteiger partial charge on any atom is 0.00875 e. The molecule has 0 heterocycles. The van der Waals surface area contributed by atoms with Crippen molar-refractivity contribution in [3.8, 4) is 0 Å². The minimum Gasteiger partial charge on any atom is -0.312 e. The molecule has 0 aliphatic rings. The highest BCUT2D eigenvalue weighted by atomic mass is 79.9. The lowest BCUT2D eigenvalue weighted by molar-refractivity contribution is 0.505. The zero-order valence-corrected chi connectivity index (χ0v) is 14.7. The first kappa shape index (κ1) is 20.7. The molecule has 0 bridgehead atoms. The maximum atomic E-state index is 3.22. The van der Waals surface area contributed by atoms with Crippen LogP contribution in [0.5, 0.6) is 0 Å². The quantitative estimate of drug-likeness (QED) is 0.426. The number of rotatable bonds is 11. The molecule has 0 spiro atoms. The molecule has 0 aromatic heterocycles. The van der Waals surface area contributed by atoms with Crippen LogP contribution in [0.1, 0.15) is 71.1 Å². The summed E-state index contributed by atoms with van der Waals surface area (Å²) >= 11 is 3.22. The molecule has 0 aliphatic heterocycles. The van der Waals surface area contributed by atoms with E-state index in [1.165, 1.54) is 64.2 Å². The SMILES string of the molecule is CCCCCCCCCCCCNBr.CN(C)C. The lowest BCUT2D eigenvalue weighted by Crippen LogP contribution is -1.99. The minimum atomic E-state index is 1.11. The molecule has 3 heteroatoms. The van der Waals surface area contributed by atoms with Gasteiger partial charge in [0, 0.05) is 22.7 Å². The van der Waals surface area contributed by atoms with Gasteiger partial charge in [0.25, 0.3) is 0 Å². The van der Waals surface area contributed by atoms with Gasteiger partial charge in [-0.3, -0.25) is 4.34 Å². The highest BCUT2D eigenvalue weighted by molar-refractivity contribution is 9.08. The van der Waals surface area contributed by atoms with Crippen LogP contribution in [0.4, 0.5) is 0 Å². The first-order chi connectivity index (χ1) is 8.65. The standard InChI is InChI=1S/C12H26BrN.C3H9N/c1-2-3-4-5-6-7-8-9-10-11-12-14-13;1-4(2)3/h14H,2-12H2,1H3;1-3H3. The molecule has 0 aromatic carbocycles. The second kappa shape index (κ2) is 19.7. The highest BCUT2D eigenvalue weighted by Gasteiger charge is 1.91. The van der Waals surface area contributed by atoms with E-state index in [1.54, 1.807) is 0 Å². The zero-order valence-electron chi connectivity index (χ0n) is 13.1. The molecule has 0 atom stereocenters. The molecule has 0 radical (unpaired) electrons. The summed E-state index contributed by atoms with van der Waals surface area (Å²) in [5.74, 6) is 0. The monoisotopic (exact) mass is 322 g/mol. The Bertz CT molecular complexity index is 115. The third kappa shape index (κ3) is 29.9. The Morgan fingerprint density at radius 3 is 1.39 bits per heavy atom. The van der Waals surface area contributed by atoms with Crippen molar-refractivity contribution >= 4 is 16.1 Å². The Morgan fingerprint density at radius 2 is 1.06 bits per heavy atom. The van der Waals surface area contributed by atoms with Gasteiger partial charge in [0.2, 0.25) is 0 Å². The van der Waals surface area contributed by atoms with Crippen molar-refractivity contribution in [3.63, 3.8) is 0 Å². The summed E-state index contributed by atoms with van der Waals surface area (Å²) in [5.41, 5.74) is 0. The molecule has 0 aliphatic carbocycles. The molecule has 0 rings (SSSR count). The number of hydrogen-bond donors (Lipinski definition) is 1. The molecule has 2 nitrogen and oxygen atoms in total. The van der Waals surface area contributed by atoms with E-state index >= 15 is 0 Å². The second-order valence-electron chi connectivity index (χ2n) is 5.41. The normalized spacial score (nSPS) is 10.3. The van der Waals surface area contributed by atoms with Crippen LogP contribution in [-0.4, -0.2) is 32.6 Å². The molecule has 0 saturated carbocycles. The lowest BCUT2D eigenvalue weighted by Gasteiger charge is -2.01. The molecule has 0 amide bonds. The van der Waals surface area contributed by atoms with Crippen molar-refractivity contribution in [2.24, 2.45) is 0 Å². The van der Waals surface area contributed by atoms with Gasteiger partial charge in [-0.1, -0.05) is 64.7 Å². The molecule has 0 unspecified atom stereocenters. The predicted molar refractivity (Wildman–Crippen MR) is 88.4 cm³/mol. The Kier molecular flexibility index (Phi) is 22.7. The number of nitrogens with one attached hydrogen (secondary N) is 1. The van der Waals surface area contributed by atoms with Crippen LogP contribution in [0.2, 0.25) is 0 Å². The molecule has 1 N–H and O–H groups in total. The largest absolute Gasteiger partial charge is 0.312 e. The molecule has 112 valence electrons. The Balaban J connectivity index is 0. The summed E-state index contributed by atoms with van der Waals surface area (Å²) in [5, 5.41) is 0. The summed E-state index contributed by atoms with van der Waals surface area (Å²) in [4.78, 5) is 2.00. The van der Waals surface area contributed by atoms with Crippen LogP contribution in [0.15, 0.2) is 0 Å². The van der Waals surface area contributed by atoms with Crippen LogP contribution in [0.25, 0.3) is 0 Å². The fourth-order valence-electron chi connectivity index (χ4n) is 1.68. The first-order valence-electron chi connectivity index (χ1n) is 7.59. The van der Waals surface area contributed by atoms with Gasteiger partial charge in [-0.15, -0.1) is 0 Å². The van der Waals surface area contributed by atoms with Crippen LogP contribution < -0.4 is 4.34 Å². The number of halogens is 1.